The van der Waals surface area contributed by atoms with Crippen LogP contribution in [-0.2, 0) is 22.7 Å². The molecule has 0 saturated heterocycles. The normalized spacial score (nSPS) is 11.9. The van der Waals surface area contributed by atoms with Crippen LogP contribution >= 0.6 is 11.3 Å². The molecule has 2 rings (SSSR count). The van der Waals surface area contributed by atoms with Crippen molar-refractivity contribution in [3.63, 3.8) is 0 Å². The van der Waals surface area contributed by atoms with Gasteiger partial charge in [-0.05, 0) is 48.9 Å². The summed E-state index contributed by atoms with van der Waals surface area (Å²) in [4.78, 5) is 31.0. The highest BCUT2D eigenvalue weighted by atomic mass is 32.1. The van der Waals surface area contributed by atoms with Crippen molar-refractivity contribution in [2.45, 2.75) is 91.3 Å². The number of hydrogen-bond donors (Lipinski definition) is 0. The average Bonchev–Trinajstić information content (AvgIpc) is 3.33. The van der Waals surface area contributed by atoms with Crippen molar-refractivity contribution in [3.8, 4) is 0 Å². The number of nitrogens with zero attached hydrogens (tertiary/aromatic N) is 2. The maximum Gasteiger partial charge on any atom is 0.242 e. The lowest BCUT2D eigenvalue weighted by Gasteiger charge is -2.31. The summed E-state index contributed by atoms with van der Waals surface area (Å²) >= 11 is 1.60. The molecular formula is C27H39FN2O2S. The predicted molar refractivity (Wildman–Crippen MR) is 134 cm³/mol. The van der Waals surface area contributed by atoms with E-state index in [9.17, 15) is 14.0 Å². The molecule has 0 aliphatic heterocycles. The fraction of sp³-hybridized carbons (Fsp3) is 0.556. The van der Waals surface area contributed by atoms with Gasteiger partial charge >= 0.3 is 0 Å². The lowest BCUT2D eigenvalue weighted by Crippen LogP contribution is -2.46. The summed E-state index contributed by atoms with van der Waals surface area (Å²) < 4.78 is 13.3. The Morgan fingerprint density at radius 1 is 0.939 bits per heavy atom. The highest BCUT2D eigenvalue weighted by Gasteiger charge is 2.25. The van der Waals surface area contributed by atoms with Gasteiger partial charge < -0.3 is 9.80 Å². The summed E-state index contributed by atoms with van der Waals surface area (Å²) in [7, 11) is 0. The molecule has 33 heavy (non-hydrogen) atoms. The average molecular weight is 475 g/mol. The van der Waals surface area contributed by atoms with Crippen LogP contribution in [0, 0.1) is 5.82 Å². The summed E-state index contributed by atoms with van der Waals surface area (Å²) in [6.07, 6.45) is 8.07. The van der Waals surface area contributed by atoms with Gasteiger partial charge in [0.1, 0.15) is 12.4 Å². The van der Waals surface area contributed by atoms with Gasteiger partial charge in [0, 0.05) is 23.9 Å². The third-order valence-electron chi connectivity index (χ3n) is 6.06. The maximum absolute atomic E-state index is 13.4. The number of thiophene rings is 1. The molecule has 0 spiro atoms. The van der Waals surface area contributed by atoms with Gasteiger partial charge in [0.2, 0.25) is 11.8 Å². The second-order valence-electron chi connectivity index (χ2n) is 8.75. The zero-order valence-electron chi connectivity index (χ0n) is 20.4. The molecule has 0 aliphatic carbocycles. The first-order valence-electron chi connectivity index (χ1n) is 12.3. The molecule has 6 heteroatoms. The van der Waals surface area contributed by atoms with E-state index in [1.54, 1.807) is 33.3 Å². The minimum atomic E-state index is -0.293. The first-order valence-corrected chi connectivity index (χ1v) is 13.2. The zero-order valence-corrected chi connectivity index (χ0v) is 21.2. The van der Waals surface area contributed by atoms with Gasteiger partial charge in [-0.25, -0.2) is 4.39 Å². The minimum absolute atomic E-state index is 0.0101. The van der Waals surface area contributed by atoms with E-state index < -0.39 is 0 Å². The Bertz CT molecular complexity index is 823. The lowest BCUT2D eigenvalue weighted by molar-refractivity contribution is -0.143. The topological polar surface area (TPSA) is 40.6 Å². The number of halogens is 1. The van der Waals surface area contributed by atoms with Crippen molar-refractivity contribution in [1.29, 1.82) is 0 Å². The number of carbonyl (C=O) groups excluding carboxylic acids is 2. The standard InChI is InChI=1S/C27H39FN2O2S/c1-4-6-7-8-9-10-13-26(31)30(22(3)5-2)21-27(32)29(20-25-12-11-18-33-25)19-23-14-16-24(28)17-15-23/h11-12,14-18,22H,4-10,13,19-21H2,1-3H3/t22-/m0/s1. The molecule has 182 valence electrons. The number of benzene rings is 1. The Kier molecular flexibility index (Phi) is 12.2. The Morgan fingerprint density at radius 2 is 1.64 bits per heavy atom. The fourth-order valence-electron chi connectivity index (χ4n) is 3.79. The summed E-state index contributed by atoms with van der Waals surface area (Å²) in [5.74, 6) is -0.312. The highest BCUT2D eigenvalue weighted by Crippen LogP contribution is 2.17. The van der Waals surface area contributed by atoms with Crippen molar-refractivity contribution in [2.75, 3.05) is 6.54 Å². The molecule has 0 unspecified atom stereocenters. The van der Waals surface area contributed by atoms with Crippen molar-refractivity contribution < 1.29 is 14.0 Å². The van der Waals surface area contributed by atoms with E-state index in [1.807, 2.05) is 31.4 Å². The molecule has 0 fully saturated rings. The second-order valence-corrected chi connectivity index (χ2v) is 9.78. The van der Waals surface area contributed by atoms with Crippen molar-refractivity contribution in [2.24, 2.45) is 0 Å². The van der Waals surface area contributed by atoms with E-state index in [1.165, 1.54) is 31.4 Å². The highest BCUT2D eigenvalue weighted by molar-refractivity contribution is 7.09. The molecule has 2 aromatic rings. The molecule has 0 radical (unpaired) electrons. The molecule has 0 aliphatic rings. The molecular weight excluding hydrogens is 435 g/mol. The van der Waals surface area contributed by atoms with Gasteiger partial charge in [-0.15, -0.1) is 11.3 Å². The number of unbranched alkanes of at least 4 members (excludes halogenated alkanes) is 5. The number of carbonyl (C=O) groups is 2. The van der Waals surface area contributed by atoms with E-state index in [0.29, 0.717) is 19.5 Å². The monoisotopic (exact) mass is 474 g/mol. The van der Waals surface area contributed by atoms with Crippen LogP contribution in [0.3, 0.4) is 0 Å². The lowest BCUT2D eigenvalue weighted by atomic mass is 10.1. The molecule has 1 heterocycles. The second kappa shape index (κ2) is 14.8. The first kappa shape index (κ1) is 27.0. The van der Waals surface area contributed by atoms with Gasteiger partial charge in [0.05, 0.1) is 6.54 Å². The molecule has 4 nitrogen and oxygen atoms in total. The predicted octanol–water partition coefficient (Wildman–Crippen LogP) is 6.79. The van der Waals surface area contributed by atoms with Crippen molar-refractivity contribution >= 4 is 23.2 Å². The van der Waals surface area contributed by atoms with Gasteiger partial charge in [0.15, 0.2) is 0 Å². The van der Waals surface area contributed by atoms with Crippen LogP contribution in [0.5, 0.6) is 0 Å². The third kappa shape index (κ3) is 9.66. The Morgan fingerprint density at radius 3 is 2.27 bits per heavy atom. The summed E-state index contributed by atoms with van der Waals surface area (Å²) in [6.45, 7) is 7.20. The molecule has 0 saturated carbocycles. The Labute approximate surface area is 202 Å². The van der Waals surface area contributed by atoms with E-state index in [-0.39, 0.29) is 30.2 Å². The van der Waals surface area contributed by atoms with Crippen LogP contribution in [-0.4, -0.2) is 34.2 Å². The summed E-state index contributed by atoms with van der Waals surface area (Å²) in [6, 6.07) is 10.2. The van der Waals surface area contributed by atoms with Crippen LogP contribution in [0.15, 0.2) is 41.8 Å². The molecule has 0 bridgehead atoms. The van der Waals surface area contributed by atoms with E-state index in [4.69, 9.17) is 0 Å². The molecule has 1 aromatic heterocycles. The minimum Gasteiger partial charge on any atom is -0.332 e. The van der Waals surface area contributed by atoms with Crippen LogP contribution < -0.4 is 0 Å². The van der Waals surface area contributed by atoms with E-state index in [2.05, 4.69) is 6.92 Å². The van der Waals surface area contributed by atoms with E-state index in [0.717, 1.165) is 36.1 Å². The first-order chi connectivity index (χ1) is 15.9. The van der Waals surface area contributed by atoms with Crippen LogP contribution in [0.1, 0.15) is 82.6 Å². The molecule has 2 amide bonds. The number of rotatable bonds is 15. The van der Waals surface area contributed by atoms with Crippen molar-refractivity contribution in [1.82, 2.24) is 9.80 Å². The SMILES string of the molecule is CCCCCCCCC(=O)N(CC(=O)N(Cc1ccc(F)cc1)Cc1cccs1)[C@@H](C)CC. The van der Waals surface area contributed by atoms with Crippen LogP contribution in [0.4, 0.5) is 4.39 Å². The van der Waals surface area contributed by atoms with Gasteiger partial charge in [0.25, 0.3) is 0 Å². The fourth-order valence-corrected chi connectivity index (χ4v) is 4.51. The molecule has 1 atom stereocenters. The van der Waals surface area contributed by atoms with Gasteiger partial charge in [-0.3, -0.25) is 9.59 Å². The Balaban J connectivity index is 2.04. The smallest absolute Gasteiger partial charge is 0.242 e. The van der Waals surface area contributed by atoms with Crippen LogP contribution in [0.25, 0.3) is 0 Å². The van der Waals surface area contributed by atoms with Crippen molar-refractivity contribution in [3.05, 3.63) is 58.0 Å². The summed E-state index contributed by atoms with van der Waals surface area (Å²) in [5.41, 5.74) is 0.870. The summed E-state index contributed by atoms with van der Waals surface area (Å²) in [5, 5.41) is 1.99. The number of hydrogen-bond acceptors (Lipinski definition) is 3. The largest absolute Gasteiger partial charge is 0.332 e. The molecule has 0 N–H and O–H groups in total. The third-order valence-corrected chi connectivity index (χ3v) is 6.92. The van der Waals surface area contributed by atoms with Gasteiger partial charge in [-0.1, -0.05) is 64.2 Å². The number of amides is 2. The Hall–Kier alpha value is -2.21. The van der Waals surface area contributed by atoms with Gasteiger partial charge in [-0.2, -0.15) is 0 Å². The quantitative estimate of drug-likeness (QED) is 0.267. The zero-order chi connectivity index (χ0) is 24.1. The van der Waals surface area contributed by atoms with E-state index >= 15 is 0 Å². The molecule has 1 aromatic carbocycles. The van der Waals surface area contributed by atoms with Crippen LogP contribution in [0.2, 0.25) is 0 Å². The maximum atomic E-state index is 13.4.